The number of nitrogens with zero attached hydrogens (tertiary/aromatic N) is 2. The molecule has 0 spiro atoms. The Morgan fingerprint density at radius 3 is 1.59 bits per heavy atom. The molecular weight excluding hydrogens is 797 g/mol. The molecule has 4 atom stereocenters. The van der Waals surface area contributed by atoms with Gasteiger partial charge in [-0.05, 0) is 179 Å². The molecule has 0 saturated heterocycles. The Morgan fingerprint density at radius 1 is 0.470 bits per heavy atom. The second kappa shape index (κ2) is 16.5. The molecular formula is C64H58N2. The van der Waals surface area contributed by atoms with Crippen LogP contribution in [0.15, 0.2) is 212 Å². The van der Waals surface area contributed by atoms with Gasteiger partial charge in [-0.2, -0.15) is 0 Å². The molecule has 0 amide bonds. The van der Waals surface area contributed by atoms with Crippen molar-refractivity contribution in [3.8, 4) is 22.3 Å². The van der Waals surface area contributed by atoms with E-state index in [1.807, 2.05) is 0 Å². The zero-order chi connectivity index (χ0) is 44.2. The summed E-state index contributed by atoms with van der Waals surface area (Å²) in [6.07, 6.45) is 13.8. The van der Waals surface area contributed by atoms with E-state index in [9.17, 15) is 0 Å². The van der Waals surface area contributed by atoms with Crippen LogP contribution in [0.3, 0.4) is 0 Å². The van der Waals surface area contributed by atoms with E-state index in [4.69, 9.17) is 0 Å². The maximum atomic E-state index is 2.51. The summed E-state index contributed by atoms with van der Waals surface area (Å²) < 4.78 is 0. The fraction of sp³-hybridized carbons (Fsp3) is 0.219. The van der Waals surface area contributed by atoms with Crippen molar-refractivity contribution in [2.24, 2.45) is 11.8 Å². The fourth-order valence-electron chi connectivity index (χ4n) is 12.7. The highest BCUT2D eigenvalue weighted by Crippen LogP contribution is 2.55. The van der Waals surface area contributed by atoms with Gasteiger partial charge in [-0.1, -0.05) is 160 Å². The number of hydrogen-bond donors (Lipinski definition) is 0. The van der Waals surface area contributed by atoms with Gasteiger partial charge in [0.15, 0.2) is 0 Å². The smallest absolute Gasteiger partial charge is 0.0465 e. The Bertz CT molecular complexity index is 2980. The third-order valence-corrected chi connectivity index (χ3v) is 16.0. The van der Waals surface area contributed by atoms with Gasteiger partial charge in [-0.25, -0.2) is 0 Å². The van der Waals surface area contributed by atoms with Gasteiger partial charge in [0.2, 0.25) is 0 Å². The van der Waals surface area contributed by atoms with Crippen molar-refractivity contribution in [2.75, 3.05) is 9.80 Å². The molecule has 0 radical (unpaired) electrons. The van der Waals surface area contributed by atoms with Crippen molar-refractivity contribution in [2.45, 2.75) is 75.5 Å². The number of benzene rings is 8. The second-order valence-electron chi connectivity index (χ2n) is 20.0. The van der Waals surface area contributed by atoms with Crippen molar-refractivity contribution >= 4 is 34.1 Å². The molecule has 2 bridgehead atoms. The maximum Gasteiger partial charge on any atom is 0.0465 e. The zero-order valence-corrected chi connectivity index (χ0v) is 38.3. The van der Waals surface area contributed by atoms with Crippen LogP contribution in [0.5, 0.6) is 0 Å². The van der Waals surface area contributed by atoms with Gasteiger partial charge in [0, 0.05) is 45.0 Å². The lowest BCUT2D eigenvalue weighted by Gasteiger charge is -2.36. The van der Waals surface area contributed by atoms with Crippen LogP contribution in [0.1, 0.15) is 92.5 Å². The number of fused-ring (bicyclic) bond motifs is 5. The molecule has 4 aliphatic carbocycles. The van der Waals surface area contributed by atoms with Crippen LogP contribution in [0.25, 0.3) is 22.3 Å². The first kappa shape index (κ1) is 40.6. The van der Waals surface area contributed by atoms with Gasteiger partial charge in [0.05, 0.1) is 0 Å². The largest absolute Gasteiger partial charge is 0.311 e. The van der Waals surface area contributed by atoms with Crippen molar-refractivity contribution in [1.82, 2.24) is 0 Å². The molecule has 2 nitrogen and oxygen atoms in total. The summed E-state index contributed by atoms with van der Waals surface area (Å²) in [7, 11) is 0. The third-order valence-electron chi connectivity index (χ3n) is 16.0. The topological polar surface area (TPSA) is 6.48 Å². The molecule has 2 saturated carbocycles. The van der Waals surface area contributed by atoms with Crippen LogP contribution in [-0.4, -0.2) is 0 Å². The summed E-state index contributed by atoms with van der Waals surface area (Å²) in [4.78, 5) is 4.85. The Balaban J connectivity index is 0.929. The van der Waals surface area contributed by atoms with Gasteiger partial charge in [0.1, 0.15) is 0 Å². The summed E-state index contributed by atoms with van der Waals surface area (Å²) in [5.74, 6) is 2.49. The van der Waals surface area contributed by atoms with Crippen LogP contribution < -0.4 is 9.80 Å². The molecule has 0 heterocycles. The van der Waals surface area contributed by atoms with Gasteiger partial charge in [-0.3, -0.25) is 0 Å². The predicted molar refractivity (Wildman–Crippen MR) is 277 cm³/mol. The molecule has 2 heteroatoms. The normalized spacial score (nSPS) is 21.0. The molecule has 0 aromatic heterocycles. The first-order valence-corrected chi connectivity index (χ1v) is 24.5. The fourth-order valence-corrected chi connectivity index (χ4v) is 12.7. The average molecular weight is 855 g/mol. The van der Waals surface area contributed by atoms with E-state index in [2.05, 4.69) is 236 Å². The van der Waals surface area contributed by atoms with Crippen LogP contribution in [0, 0.1) is 11.8 Å². The van der Waals surface area contributed by atoms with Gasteiger partial charge in [-0.15, -0.1) is 0 Å². The van der Waals surface area contributed by atoms with E-state index >= 15 is 0 Å². The number of para-hydroxylation sites is 2. The SMILES string of the molecule is CC1(C)c2cc(N(c3ccc(C4CC5CCC4C5)cc3)c3ccc(C4(c5ccc(N(c6ccccc6)c6ccccc6)cc5)C=CCCC4)cc3)ccc2-c2c(-c3ccccc3)cccc21. The van der Waals surface area contributed by atoms with E-state index in [0.717, 1.165) is 48.2 Å². The van der Waals surface area contributed by atoms with Crippen LogP contribution in [-0.2, 0) is 10.8 Å². The van der Waals surface area contributed by atoms with E-state index in [0.29, 0.717) is 5.92 Å². The summed E-state index contributed by atoms with van der Waals surface area (Å²) >= 11 is 0. The maximum absolute atomic E-state index is 2.51. The zero-order valence-electron chi connectivity index (χ0n) is 38.3. The number of rotatable bonds is 10. The van der Waals surface area contributed by atoms with Gasteiger partial charge >= 0.3 is 0 Å². The molecule has 12 rings (SSSR count). The lowest BCUT2D eigenvalue weighted by Crippen LogP contribution is -2.27. The first-order valence-electron chi connectivity index (χ1n) is 24.5. The van der Waals surface area contributed by atoms with Crippen LogP contribution in [0.2, 0.25) is 0 Å². The minimum atomic E-state index is -0.216. The quantitative estimate of drug-likeness (QED) is 0.126. The Morgan fingerprint density at radius 2 is 1.03 bits per heavy atom. The minimum Gasteiger partial charge on any atom is -0.311 e. The lowest BCUT2D eigenvalue weighted by atomic mass is 9.69. The van der Waals surface area contributed by atoms with Gasteiger partial charge < -0.3 is 9.80 Å². The van der Waals surface area contributed by atoms with Crippen LogP contribution in [0.4, 0.5) is 34.1 Å². The van der Waals surface area contributed by atoms with E-state index in [1.54, 1.807) is 0 Å². The van der Waals surface area contributed by atoms with E-state index in [1.165, 1.54) is 92.8 Å². The molecule has 8 aromatic rings. The molecule has 66 heavy (non-hydrogen) atoms. The molecule has 4 unspecified atom stereocenters. The molecule has 0 N–H and O–H groups in total. The van der Waals surface area contributed by atoms with Crippen molar-refractivity contribution in [1.29, 1.82) is 0 Å². The highest BCUT2D eigenvalue weighted by Gasteiger charge is 2.41. The highest BCUT2D eigenvalue weighted by molar-refractivity contribution is 5.94. The Kier molecular flexibility index (Phi) is 10.2. The van der Waals surface area contributed by atoms with E-state index in [-0.39, 0.29) is 10.8 Å². The lowest BCUT2D eigenvalue weighted by molar-refractivity contribution is 0.420. The number of anilines is 6. The van der Waals surface area contributed by atoms with Crippen molar-refractivity contribution in [3.05, 3.63) is 240 Å². The Labute approximate surface area is 391 Å². The standard InChI is InChI=1S/C64H58N2/c1-63(2)60-23-15-22-57(46-16-7-3-8-17-46)62(60)58-39-38-56(44-61(58)63)66(53-32-26-47(27-33-53)59-43-45-24-25-48(59)42-45)55-36-30-50(31-37-55)64(40-13-6-14-41-64)49-28-34-54(35-29-49)65(51-18-9-4-10-19-51)52-20-11-5-12-21-52/h3-5,7-13,15-23,26-40,44-45,48,59H,6,14,24-25,41-43H2,1-2H3. The van der Waals surface area contributed by atoms with Crippen LogP contribution >= 0.6 is 0 Å². The van der Waals surface area contributed by atoms with Crippen molar-refractivity contribution < 1.29 is 0 Å². The Hall–Kier alpha value is -6.90. The second-order valence-corrected chi connectivity index (χ2v) is 20.0. The number of allylic oxidation sites excluding steroid dienone is 2. The molecule has 2 fully saturated rings. The van der Waals surface area contributed by atoms with Crippen molar-refractivity contribution in [3.63, 3.8) is 0 Å². The van der Waals surface area contributed by atoms with E-state index < -0.39 is 0 Å². The first-order chi connectivity index (χ1) is 32.4. The van der Waals surface area contributed by atoms with Gasteiger partial charge in [0.25, 0.3) is 0 Å². The molecule has 324 valence electrons. The molecule has 4 aliphatic rings. The molecule has 8 aromatic carbocycles. The highest BCUT2D eigenvalue weighted by atomic mass is 15.1. The third kappa shape index (κ3) is 6.92. The molecule has 0 aliphatic heterocycles. The average Bonchev–Trinajstić information content (AvgIpc) is 4.09. The predicted octanol–water partition coefficient (Wildman–Crippen LogP) is 17.5. The monoisotopic (exact) mass is 854 g/mol. The number of hydrogen-bond acceptors (Lipinski definition) is 2. The summed E-state index contributed by atoms with van der Waals surface area (Å²) in [6, 6.07) is 75.1. The minimum absolute atomic E-state index is 0.152. The summed E-state index contributed by atoms with van der Waals surface area (Å²) in [6.45, 7) is 4.81. The summed E-state index contributed by atoms with van der Waals surface area (Å²) in [5, 5.41) is 0. The summed E-state index contributed by atoms with van der Waals surface area (Å²) in [5.41, 5.74) is 18.9.